The van der Waals surface area contributed by atoms with E-state index in [0.717, 1.165) is 11.4 Å². The Morgan fingerprint density at radius 1 is 0.315 bits per heavy atom. The van der Waals surface area contributed by atoms with E-state index in [1.54, 1.807) is 0 Å². The largest absolute Gasteiger partial charge is 0.309 e. The van der Waals surface area contributed by atoms with Crippen LogP contribution in [0.25, 0.3) is 75.5 Å². The Kier molecular flexibility index (Phi) is 8.09. The van der Waals surface area contributed by atoms with E-state index in [-0.39, 0.29) is 0 Å². The molecule has 0 saturated carbocycles. The molecule has 2 heteroatoms. The van der Waals surface area contributed by atoms with Crippen molar-refractivity contribution in [1.29, 1.82) is 0 Å². The molecule has 0 aliphatic heterocycles. The standard InChI is InChI=1S/C52H35NS/c1-4-13-36(14-5-1)43-27-32-51-49(34-43)47-21-12-22-50(52(47)54-51)53(44-28-25-38(26-29-44)42-24-23-37-15-10-11-20-41(37)33-42)45-30-31-46(39-16-6-2-7-17-39)48(35-45)40-18-8-3-9-19-40/h1-35H. The van der Waals surface area contributed by atoms with Crippen LogP contribution in [0.3, 0.4) is 0 Å². The van der Waals surface area contributed by atoms with Crippen molar-refractivity contribution in [3.8, 4) is 44.5 Å². The van der Waals surface area contributed by atoms with E-state index in [2.05, 4.69) is 217 Å². The molecule has 1 nitrogen and oxygen atoms in total. The summed E-state index contributed by atoms with van der Waals surface area (Å²) in [5.41, 5.74) is 13.1. The second-order valence-electron chi connectivity index (χ2n) is 13.7. The molecule has 9 aromatic carbocycles. The fraction of sp³-hybridized carbons (Fsp3) is 0. The van der Waals surface area contributed by atoms with E-state index in [1.807, 2.05) is 11.3 Å². The minimum Gasteiger partial charge on any atom is -0.309 e. The van der Waals surface area contributed by atoms with Gasteiger partial charge in [0.15, 0.2) is 0 Å². The molecule has 0 radical (unpaired) electrons. The van der Waals surface area contributed by atoms with Crippen molar-refractivity contribution in [3.05, 3.63) is 212 Å². The molecule has 0 unspecified atom stereocenters. The lowest BCUT2D eigenvalue weighted by molar-refractivity contribution is 1.30. The summed E-state index contributed by atoms with van der Waals surface area (Å²) in [6, 6.07) is 77.2. The van der Waals surface area contributed by atoms with Gasteiger partial charge in [0.25, 0.3) is 0 Å². The second kappa shape index (κ2) is 13.7. The van der Waals surface area contributed by atoms with E-state index in [4.69, 9.17) is 0 Å². The van der Waals surface area contributed by atoms with Gasteiger partial charge in [0.05, 0.1) is 10.4 Å². The Bertz CT molecular complexity index is 2910. The molecule has 54 heavy (non-hydrogen) atoms. The van der Waals surface area contributed by atoms with Gasteiger partial charge in [-0.05, 0) is 104 Å². The monoisotopic (exact) mass is 705 g/mol. The van der Waals surface area contributed by atoms with Crippen molar-refractivity contribution in [1.82, 2.24) is 0 Å². The molecule has 0 fully saturated rings. The molecule has 0 spiro atoms. The zero-order valence-corrected chi connectivity index (χ0v) is 30.4. The first-order chi connectivity index (χ1) is 26.8. The van der Waals surface area contributed by atoms with Crippen LogP contribution in [-0.4, -0.2) is 0 Å². The third-order valence-electron chi connectivity index (χ3n) is 10.5. The maximum atomic E-state index is 2.45. The van der Waals surface area contributed by atoms with E-state index in [9.17, 15) is 0 Å². The van der Waals surface area contributed by atoms with Crippen LogP contribution in [0.4, 0.5) is 17.1 Å². The van der Waals surface area contributed by atoms with Gasteiger partial charge in [-0.15, -0.1) is 11.3 Å². The van der Waals surface area contributed by atoms with Gasteiger partial charge in [-0.25, -0.2) is 0 Å². The molecule has 254 valence electrons. The molecule has 1 heterocycles. The highest BCUT2D eigenvalue weighted by atomic mass is 32.1. The van der Waals surface area contributed by atoms with Crippen LogP contribution in [0.2, 0.25) is 0 Å². The normalized spacial score (nSPS) is 11.3. The maximum absolute atomic E-state index is 2.45. The topological polar surface area (TPSA) is 3.24 Å². The van der Waals surface area contributed by atoms with Crippen molar-refractivity contribution in [2.45, 2.75) is 0 Å². The average molecular weight is 706 g/mol. The Labute approximate surface area is 319 Å². The minimum atomic E-state index is 1.11. The molecule has 0 amide bonds. The van der Waals surface area contributed by atoms with Gasteiger partial charge in [0, 0.05) is 26.8 Å². The number of hydrogen-bond donors (Lipinski definition) is 0. The van der Waals surface area contributed by atoms with Gasteiger partial charge in [0.1, 0.15) is 0 Å². The van der Waals surface area contributed by atoms with E-state index in [1.165, 1.54) is 81.1 Å². The van der Waals surface area contributed by atoms with Crippen molar-refractivity contribution in [2.75, 3.05) is 4.90 Å². The predicted molar refractivity (Wildman–Crippen MR) is 233 cm³/mol. The lowest BCUT2D eigenvalue weighted by Gasteiger charge is -2.27. The van der Waals surface area contributed by atoms with Gasteiger partial charge >= 0.3 is 0 Å². The zero-order valence-electron chi connectivity index (χ0n) is 29.6. The highest BCUT2D eigenvalue weighted by molar-refractivity contribution is 7.26. The van der Waals surface area contributed by atoms with Crippen LogP contribution in [0.15, 0.2) is 212 Å². The van der Waals surface area contributed by atoms with Crippen molar-refractivity contribution < 1.29 is 0 Å². The molecular weight excluding hydrogens is 671 g/mol. The Balaban J connectivity index is 1.16. The number of rotatable bonds is 7. The molecule has 10 aromatic rings. The third-order valence-corrected chi connectivity index (χ3v) is 11.7. The van der Waals surface area contributed by atoms with E-state index in [0.29, 0.717) is 0 Å². The first-order valence-corrected chi connectivity index (χ1v) is 19.2. The summed E-state index contributed by atoms with van der Waals surface area (Å²) in [6.07, 6.45) is 0. The maximum Gasteiger partial charge on any atom is 0.0640 e. The molecule has 0 aliphatic carbocycles. The Morgan fingerprint density at radius 3 is 1.63 bits per heavy atom. The molecule has 0 atom stereocenters. The minimum absolute atomic E-state index is 1.11. The molecule has 0 saturated heterocycles. The molecule has 10 rings (SSSR count). The van der Waals surface area contributed by atoms with Crippen molar-refractivity contribution in [2.24, 2.45) is 0 Å². The van der Waals surface area contributed by atoms with Crippen LogP contribution >= 0.6 is 11.3 Å². The van der Waals surface area contributed by atoms with Gasteiger partial charge in [0.2, 0.25) is 0 Å². The van der Waals surface area contributed by atoms with Gasteiger partial charge < -0.3 is 4.90 Å². The SMILES string of the molecule is c1ccc(-c2ccc3sc4c(N(c5ccc(-c6ccc7ccccc7c6)cc5)c5ccc(-c6ccccc6)c(-c6ccccc6)c5)cccc4c3c2)cc1. The summed E-state index contributed by atoms with van der Waals surface area (Å²) in [7, 11) is 0. The fourth-order valence-electron chi connectivity index (χ4n) is 7.77. The lowest BCUT2D eigenvalue weighted by Crippen LogP contribution is -2.10. The molecule has 0 N–H and O–H groups in total. The lowest BCUT2D eigenvalue weighted by atomic mass is 9.93. The van der Waals surface area contributed by atoms with Crippen LogP contribution in [0.1, 0.15) is 0 Å². The first-order valence-electron chi connectivity index (χ1n) is 18.4. The van der Waals surface area contributed by atoms with Crippen molar-refractivity contribution >= 4 is 59.3 Å². The number of nitrogens with zero attached hydrogens (tertiary/aromatic N) is 1. The summed E-state index contributed by atoms with van der Waals surface area (Å²) in [6.45, 7) is 0. The van der Waals surface area contributed by atoms with Crippen LogP contribution in [-0.2, 0) is 0 Å². The summed E-state index contributed by atoms with van der Waals surface area (Å²) in [5, 5.41) is 5.06. The summed E-state index contributed by atoms with van der Waals surface area (Å²) < 4.78 is 2.55. The molecular formula is C52H35NS. The highest BCUT2D eigenvalue weighted by Gasteiger charge is 2.20. The van der Waals surface area contributed by atoms with Crippen molar-refractivity contribution in [3.63, 3.8) is 0 Å². The number of thiophene rings is 1. The molecule has 1 aromatic heterocycles. The van der Waals surface area contributed by atoms with Crippen LogP contribution in [0, 0.1) is 0 Å². The summed E-state index contributed by atoms with van der Waals surface area (Å²) in [4.78, 5) is 2.45. The van der Waals surface area contributed by atoms with E-state index >= 15 is 0 Å². The zero-order chi connectivity index (χ0) is 35.8. The number of benzene rings is 9. The van der Waals surface area contributed by atoms with Crippen LogP contribution in [0.5, 0.6) is 0 Å². The fourth-order valence-corrected chi connectivity index (χ4v) is 8.95. The smallest absolute Gasteiger partial charge is 0.0640 e. The second-order valence-corrected chi connectivity index (χ2v) is 14.8. The van der Waals surface area contributed by atoms with E-state index < -0.39 is 0 Å². The van der Waals surface area contributed by atoms with Gasteiger partial charge in [-0.1, -0.05) is 164 Å². The number of hydrogen-bond acceptors (Lipinski definition) is 2. The molecule has 0 bridgehead atoms. The Hall–Kier alpha value is -6.74. The quantitative estimate of drug-likeness (QED) is 0.160. The predicted octanol–water partition coefficient (Wildman–Crippen LogP) is 15.3. The number of anilines is 3. The average Bonchev–Trinajstić information content (AvgIpc) is 3.63. The molecule has 0 aliphatic rings. The van der Waals surface area contributed by atoms with Gasteiger partial charge in [-0.3, -0.25) is 0 Å². The number of fused-ring (bicyclic) bond motifs is 4. The van der Waals surface area contributed by atoms with Gasteiger partial charge in [-0.2, -0.15) is 0 Å². The summed E-state index contributed by atoms with van der Waals surface area (Å²) >= 11 is 1.87. The van der Waals surface area contributed by atoms with Crippen LogP contribution < -0.4 is 4.90 Å². The Morgan fingerprint density at radius 2 is 0.889 bits per heavy atom. The third kappa shape index (κ3) is 5.84. The highest BCUT2D eigenvalue weighted by Crippen LogP contribution is 2.47. The summed E-state index contributed by atoms with van der Waals surface area (Å²) in [5.74, 6) is 0. The first kappa shape index (κ1) is 32.0.